The summed E-state index contributed by atoms with van der Waals surface area (Å²) in [6.45, 7) is 9.74. The van der Waals surface area contributed by atoms with Crippen molar-refractivity contribution >= 4 is 30.0 Å². The lowest BCUT2D eigenvalue weighted by molar-refractivity contribution is 0.0384. The van der Waals surface area contributed by atoms with E-state index in [1.807, 2.05) is 130 Å². The number of ether oxygens (including phenoxy) is 3. The van der Waals surface area contributed by atoms with Gasteiger partial charge >= 0.3 is 18.3 Å². The highest BCUT2D eigenvalue weighted by molar-refractivity contribution is 6.07. The van der Waals surface area contributed by atoms with Gasteiger partial charge in [-0.15, -0.1) is 0 Å². The summed E-state index contributed by atoms with van der Waals surface area (Å²) in [7, 11) is 3.44. The second-order valence-electron chi connectivity index (χ2n) is 14.2. The van der Waals surface area contributed by atoms with Gasteiger partial charge in [-0.1, -0.05) is 109 Å². The number of carbonyl (C=O) groups excluding carboxylic acids is 3. The van der Waals surface area contributed by atoms with E-state index in [1.54, 1.807) is 23.9 Å². The first-order valence-electron chi connectivity index (χ1n) is 18.3. The number of hydrogen-bond donors (Lipinski definition) is 1. The van der Waals surface area contributed by atoms with E-state index in [1.165, 1.54) is 4.90 Å². The molecule has 12 nitrogen and oxygen atoms in total. The SMILES string of the molecule is CN(Cc1ccc(C2=NCCN2)cc1)C(=O)OCc1ccccc1.CN(Cc1ccc(C2=NCCN2C(=O)OC(C)(C)C)cc1)C(=O)OCc1ccccc1. The molecule has 1 N–H and O–H groups in total. The summed E-state index contributed by atoms with van der Waals surface area (Å²) in [4.78, 5) is 50.3. The van der Waals surface area contributed by atoms with Gasteiger partial charge in [0.2, 0.25) is 0 Å². The number of aliphatic imine (C=N–C) groups is 2. The Labute approximate surface area is 323 Å². The van der Waals surface area contributed by atoms with Crippen molar-refractivity contribution in [1.29, 1.82) is 0 Å². The van der Waals surface area contributed by atoms with Gasteiger partial charge in [-0.3, -0.25) is 14.9 Å². The molecule has 2 aliphatic rings. The molecule has 12 heteroatoms. The van der Waals surface area contributed by atoms with Crippen LogP contribution in [0.5, 0.6) is 0 Å². The summed E-state index contributed by atoms with van der Waals surface area (Å²) in [5, 5.41) is 3.25. The van der Waals surface area contributed by atoms with Crippen molar-refractivity contribution in [3.8, 4) is 0 Å². The smallest absolute Gasteiger partial charge is 0.416 e. The third-order valence-electron chi connectivity index (χ3n) is 8.44. The maximum absolute atomic E-state index is 12.5. The molecule has 0 aromatic heterocycles. The normalized spacial score (nSPS) is 13.4. The summed E-state index contributed by atoms with van der Waals surface area (Å²) in [6.07, 6.45) is -1.11. The number of benzene rings is 4. The number of carbonyl (C=O) groups is 3. The molecule has 55 heavy (non-hydrogen) atoms. The van der Waals surface area contributed by atoms with Gasteiger partial charge in [0.25, 0.3) is 0 Å². The standard InChI is InChI=1S/C24H29N3O4.C19H21N3O2/c1-24(2,3)31-23(29)27-15-14-25-21(27)20-12-10-18(11-13-20)16-26(4)22(28)30-17-19-8-6-5-7-9-19;1-22(19(23)24-14-16-5-3-2-4-6-16)13-15-7-9-17(10-8-15)18-20-11-12-21-18/h5-13H,14-17H2,1-4H3;2-10H,11-14H2,1H3,(H,20,21). The molecule has 0 radical (unpaired) electrons. The molecule has 2 aliphatic heterocycles. The summed E-state index contributed by atoms with van der Waals surface area (Å²) >= 11 is 0. The molecule has 0 fully saturated rings. The van der Waals surface area contributed by atoms with Crippen LogP contribution in [0, 0.1) is 0 Å². The highest BCUT2D eigenvalue weighted by Crippen LogP contribution is 2.18. The Balaban J connectivity index is 0.000000218. The second kappa shape index (κ2) is 19.2. The Morgan fingerprint density at radius 3 is 1.60 bits per heavy atom. The van der Waals surface area contributed by atoms with Gasteiger partial charge in [0.15, 0.2) is 0 Å². The van der Waals surface area contributed by atoms with Crippen LogP contribution in [0.2, 0.25) is 0 Å². The van der Waals surface area contributed by atoms with E-state index in [-0.39, 0.29) is 25.4 Å². The molecule has 0 saturated carbocycles. The summed E-state index contributed by atoms with van der Waals surface area (Å²) in [5.74, 6) is 1.55. The van der Waals surface area contributed by atoms with Gasteiger partial charge in [0, 0.05) is 44.9 Å². The van der Waals surface area contributed by atoms with Crippen LogP contribution in [0.1, 0.15) is 54.2 Å². The lowest BCUT2D eigenvalue weighted by Gasteiger charge is -2.25. The van der Waals surface area contributed by atoms with E-state index in [0.717, 1.165) is 52.3 Å². The van der Waals surface area contributed by atoms with Crippen molar-refractivity contribution in [3.05, 3.63) is 143 Å². The Morgan fingerprint density at radius 2 is 1.15 bits per heavy atom. The summed E-state index contributed by atoms with van der Waals surface area (Å²) < 4.78 is 16.2. The monoisotopic (exact) mass is 746 g/mol. The highest BCUT2D eigenvalue weighted by Gasteiger charge is 2.29. The molecule has 4 aromatic carbocycles. The molecule has 6 rings (SSSR count). The Morgan fingerprint density at radius 1 is 0.655 bits per heavy atom. The second-order valence-corrected chi connectivity index (χ2v) is 14.2. The molecule has 0 unspecified atom stereocenters. The van der Waals surface area contributed by atoms with Crippen molar-refractivity contribution in [2.45, 2.75) is 52.7 Å². The van der Waals surface area contributed by atoms with E-state index in [0.29, 0.717) is 32.0 Å². The minimum atomic E-state index is -0.561. The number of amidine groups is 2. The molecular formula is C43H50N6O6. The fourth-order valence-corrected chi connectivity index (χ4v) is 5.64. The van der Waals surface area contributed by atoms with Gasteiger partial charge in [-0.2, -0.15) is 0 Å². The molecular weight excluding hydrogens is 697 g/mol. The van der Waals surface area contributed by atoms with Crippen LogP contribution in [-0.2, 0) is 40.5 Å². The van der Waals surface area contributed by atoms with Crippen LogP contribution in [0.4, 0.5) is 14.4 Å². The lowest BCUT2D eigenvalue weighted by Crippen LogP contribution is -2.39. The molecule has 2 heterocycles. The molecule has 3 amide bonds. The van der Waals surface area contributed by atoms with E-state index in [4.69, 9.17) is 14.2 Å². The van der Waals surface area contributed by atoms with Crippen molar-refractivity contribution in [2.75, 3.05) is 40.3 Å². The van der Waals surface area contributed by atoms with Crippen molar-refractivity contribution < 1.29 is 28.6 Å². The first kappa shape index (κ1) is 40.0. The van der Waals surface area contributed by atoms with Crippen molar-refractivity contribution in [1.82, 2.24) is 20.0 Å². The Bertz CT molecular complexity index is 1930. The average Bonchev–Trinajstić information content (AvgIpc) is 3.91. The minimum Gasteiger partial charge on any atom is -0.445 e. The molecule has 0 aliphatic carbocycles. The third kappa shape index (κ3) is 12.4. The highest BCUT2D eigenvalue weighted by atomic mass is 16.6. The van der Waals surface area contributed by atoms with Crippen LogP contribution in [0.25, 0.3) is 0 Å². The lowest BCUT2D eigenvalue weighted by atomic mass is 10.1. The first-order chi connectivity index (χ1) is 26.4. The number of amides is 3. The largest absolute Gasteiger partial charge is 0.445 e. The van der Waals surface area contributed by atoms with Gasteiger partial charge in [-0.25, -0.2) is 14.4 Å². The molecule has 288 valence electrons. The van der Waals surface area contributed by atoms with E-state index in [9.17, 15) is 14.4 Å². The summed E-state index contributed by atoms with van der Waals surface area (Å²) in [5.41, 5.74) is 5.27. The maximum atomic E-state index is 12.5. The van der Waals surface area contributed by atoms with Gasteiger partial charge in [-0.05, 0) is 43.0 Å². The quantitative estimate of drug-likeness (QED) is 0.170. The fraction of sp³-hybridized carbons (Fsp3) is 0.326. The molecule has 0 bridgehead atoms. The van der Waals surface area contributed by atoms with Gasteiger partial charge < -0.3 is 29.3 Å². The van der Waals surface area contributed by atoms with Crippen molar-refractivity contribution in [2.24, 2.45) is 9.98 Å². The minimum absolute atomic E-state index is 0.239. The van der Waals surface area contributed by atoms with Crippen LogP contribution in [0.3, 0.4) is 0 Å². The summed E-state index contributed by atoms with van der Waals surface area (Å²) in [6, 6.07) is 35.0. The number of nitrogens with zero attached hydrogens (tertiary/aromatic N) is 5. The molecule has 0 saturated heterocycles. The first-order valence-corrected chi connectivity index (χ1v) is 18.3. The topological polar surface area (TPSA) is 125 Å². The van der Waals surface area contributed by atoms with Crippen LogP contribution in [0.15, 0.2) is 119 Å². The molecule has 0 atom stereocenters. The predicted molar refractivity (Wildman–Crippen MR) is 213 cm³/mol. The molecule has 0 spiro atoms. The average molecular weight is 747 g/mol. The van der Waals surface area contributed by atoms with Crippen molar-refractivity contribution in [3.63, 3.8) is 0 Å². The predicted octanol–water partition coefficient (Wildman–Crippen LogP) is 7.26. The zero-order valence-corrected chi connectivity index (χ0v) is 32.2. The zero-order chi connectivity index (χ0) is 39.2. The number of rotatable bonds is 10. The van der Waals surface area contributed by atoms with Crippen LogP contribution < -0.4 is 5.32 Å². The number of hydrogen-bond acceptors (Lipinski definition) is 9. The zero-order valence-electron chi connectivity index (χ0n) is 32.2. The van der Waals surface area contributed by atoms with Crippen LogP contribution in [-0.4, -0.2) is 90.5 Å². The fourth-order valence-electron chi connectivity index (χ4n) is 5.64. The number of nitrogens with one attached hydrogen (secondary N) is 1. The van der Waals surface area contributed by atoms with Gasteiger partial charge in [0.05, 0.1) is 19.6 Å². The Kier molecular flexibility index (Phi) is 14.0. The van der Waals surface area contributed by atoms with E-state index >= 15 is 0 Å². The maximum Gasteiger partial charge on any atom is 0.416 e. The van der Waals surface area contributed by atoms with Gasteiger partial charge in [0.1, 0.15) is 30.5 Å². The third-order valence-corrected chi connectivity index (χ3v) is 8.44. The Hall–Kier alpha value is -6.17. The molecule has 4 aromatic rings. The van der Waals surface area contributed by atoms with E-state index in [2.05, 4.69) is 15.3 Å². The van der Waals surface area contributed by atoms with E-state index < -0.39 is 11.7 Å². The van der Waals surface area contributed by atoms with Crippen LogP contribution >= 0.6 is 0 Å².